The number of benzene rings is 1. The highest BCUT2D eigenvalue weighted by Gasteiger charge is 2.20. The van der Waals surface area contributed by atoms with Crippen molar-refractivity contribution >= 4 is 17.7 Å². The molecular weight excluding hydrogens is 324 g/mol. The van der Waals surface area contributed by atoms with E-state index in [9.17, 15) is 4.79 Å². The molecule has 128 valence electrons. The largest absolute Gasteiger partial charge is 0.497 e. The first-order chi connectivity index (χ1) is 11.6. The zero-order valence-electron chi connectivity index (χ0n) is 14.2. The van der Waals surface area contributed by atoms with Gasteiger partial charge in [-0.3, -0.25) is 9.36 Å². The number of hydrogen-bond acceptors (Lipinski definition) is 5. The molecule has 0 radical (unpaired) electrons. The van der Waals surface area contributed by atoms with E-state index in [2.05, 4.69) is 22.1 Å². The zero-order chi connectivity index (χ0) is 17.5. The standard InChI is InChI=1S/C17H22N4O2S/c1-5-11-21-15(13-7-9-14(23-4)10-8-13)19-20-17(21)24-12(3)16(22)18-6-2/h5,7-10,12H,1,6,11H2,2-4H3,(H,18,22)/t12-/m1/s1. The van der Waals surface area contributed by atoms with Crippen molar-refractivity contribution in [3.8, 4) is 17.1 Å². The molecule has 24 heavy (non-hydrogen) atoms. The second-order valence-electron chi connectivity index (χ2n) is 5.09. The number of methoxy groups -OCH3 is 1. The predicted octanol–water partition coefficient (Wildman–Crippen LogP) is 2.76. The molecule has 7 heteroatoms. The summed E-state index contributed by atoms with van der Waals surface area (Å²) in [6.45, 7) is 8.73. The molecule has 1 heterocycles. The Morgan fingerprint density at radius 1 is 1.42 bits per heavy atom. The van der Waals surface area contributed by atoms with E-state index in [1.807, 2.05) is 42.7 Å². The highest BCUT2D eigenvalue weighted by molar-refractivity contribution is 8.00. The van der Waals surface area contributed by atoms with E-state index in [-0.39, 0.29) is 11.2 Å². The summed E-state index contributed by atoms with van der Waals surface area (Å²) in [4.78, 5) is 11.9. The molecule has 0 saturated carbocycles. The van der Waals surface area contributed by atoms with E-state index in [1.54, 1.807) is 13.2 Å². The first kappa shape index (κ1) is 18.1. The lowest BCUT2D eigenvalue weighted by Crippen LogP contribution is -2.30. The third kappa shape index (κ3) is 4.17. The molecule has 2 aromatic rings. The van der Waals surface area contributed by atoms with Gasteiger partial charge in [-0.25, -0.2) is 0 Å². The van der Waals surface area contributed by atoms with Gasteiger partial charge in [-0.15, -0.1) is 16.8 Å². The van der Waals surface area contributed by atoms with E-state index < -0.39 is 0 Å². The van der Waals surface area contributed by atoms with Crippen molar-refractivity contribution in [2.45, 2.75) is 30.8 Å². The third-order valence-corrected chi connectivity index (χ3v) is 4.46. The molecule has 0 aliphatic carbocycles. The van der Waals surface area contributed by atoms with Crippen LogP contribution in [-0.4, -0.2) is 39.6 Å². The summed E-state index contributed by atoms with van der Waals surface area (Å²) in [6, 6.07) is 7.63. The zero-order valence-corrected chi connectivity index (χ0v) is 15.0. The van der Waals surface area contributed by atoms with Crippen molar-refractivity contribution in [3.05, 3.63) is 36.9 Å². The van der Waals surface area contributed by atoms with Crippen LogP contribution >= 0.6 is 11.8 Å². The lowest BCUT2D eigenvalue weighted by Gasteiger charge is -2.12. The SMILES string of the molecule is C=CCn1c(S[C@H](C)C(=O)NCC)nnc1-c1ccc(OC)cc1. The average molecular weight is 346 g/mol. The number of nitrogens with zero attached hydrogens (tertiary/aromatic N) is 3. The minimum Gasteiger partial charge on any atom is -0.497 e. The van der Waals surface area contributed by atoms with Gasteiger partial charge in [0.25, 0.3) is 0 Å². The molecule has 2 rings (SSSR count). The number of ether oxygens (including phenoxy) is 1. The van der Waals surface area contributed by atoms with E-state index >= 15 is 0 Å². The molecule has 0 aliphatic heterocycles. The Morgan fingerprint density at radius 2 is 2.12 bits per heavy atom. The van der Waals surface area contributed by atoms with Crippen molar-refractivity contribution in [2.75, 3.05) is 13.7 Å². The van der Waals surface area contributed by atoms with Gasteiger partial charge in [0, 0.05) is 18.7 Å². The number of amides is 1. The second kappa shape index (κ2) is 8.54. The number of hydrogen-bond donors (Lipinski definition) is 1. The maximum absolute atomic E-state index is 11.9. The Balaban J connectivity index is 2.28. The maximum atomic E-state index is 11.9. The quantitative estimate of drug-likeness (QED) is 0.588. The van der Waals surface area contributed by atoms with Crippen LogP contribution in [0.25, 0.3) is 11.4 Å². The number of nitrogens with one attached hydrogen (secondary N) is 1. The van der Waals surface area contributed by atoms with Gasteiger partial charge in [0.05, 0.1) is 12.4 Å². The lowest BCUT2D eigenvalue weighted by molar-refractivity contribution is -0.120. The Morgan fingerprint density at radius 3 is 2.71 bits per heavy atom. The van der Waals surface area contributed by atoms with Crippen LogP contribution in [-0.2, 0) is 11.3 Å². The molecule has 0 spiro atoms. The number of aromatic nitrogens is 3. The summed E-state index contributed by atoms with van der Waals surface area (Å²) in [6.07, 6.45) is 1.79. The van der Waals surface area contributed by atoms with Crippen LogP contribution in [0.4, 0.5) is 0 Å². The number of rotatable bonds is 8. The maximum Gasteiger partial charge on any atom is 0.233 e. The highest BCUT2D eigenvalue weighted by atomic mass is 32.2. The number of thioether (sulfide) groups is 1. The van der Waals surface area contributed by atoms with Gasteiger partial charge in [0.2, 0.25) is 5.91 Å². The summed E-state index contributed by atoms with van der Waals surface area (Å²) in [5, 5.41) is 11.8. The van der Waals surface area contributed by atoms with Crippen LogP contribution in [0.2, 0.25) is 0 Å². The van der Waals surface area contributed by atoms with E-state index in [0.717, 1.165) is 17.1 Å². The van der Waals surface area contributed by atoms with Gasteiger partial charge in [0.1, 0.15) is 5.75 Å². The lowest BCUT2D eigenvalue weighted by atomic mass is 10.2. The molecule has 6 nitrogen and oxygen atoms in total. The van der Waals surface area contributed by atoms with Gasteiger partial charge < -0.3 is 10.1 Å². The van der Waals surface area contributed by atoms with Crippen molar-refractivity contribution in [3.63, 3.8) is 0 Å². The van der Waals surface area contributed by atoms with E-state index in [1.165, 1.54) is 11.8 Å². The first-order valence-corrected chi connectivity index (χ1v) is 8.61. The van der Waals surface area contributed by atoms with Crippen molar-refractivity contribution in [2.24, 2.45) is 0 Å². The van der Waals surface area contributed by atoms with E-state index in [0.29, 0.717) is 18.2 Å². The number of carbonyl (C=O) groups excluding carboxylic acids is 1. The van der Waals surface area contributed by atoms with Crippen LogP contribution < -0.4 is 10.1 Å². The van der Waals surface area contributed by atoms with Crippen LogP contribution in [0.3, 0.4) is 0 Å². The van der Waals surface area contributed by atoms with Crippen LogP contribution in [0.15, 0.2) is 42.1 Å². The molecular formula is C17H22N4O2S. The van der Waals surface area contributed by atoms with Gasteiger partial charge in [-0.05, 0) is 38.1 Å². The van der Waals surface area contributed by atoms with Crippen molar-refractivity contribution in [1.29, 1.82) is 0 Å². The van der Waals surface area contributed by atoms with Gasteiger partial charge >= 0.3 is 0 Å². The minimum absolute atomic E-state index is 0.0124. The van der Waals surface area contributed by atoms with Crippen LogP contribution in [0, 0.1) is 0 Å². The summed E-state index contributed by atoms with van der Waals surface area (Å²) in [7, 11) is 1.63. The molecule has 1 N–H and O–H groups in total. The van der Waals surface area contributed by atoms with Crippen molar-refractivity contribution in [1.82, 2.24) is 20.1 Å². The van der Waals surface area contributed by atoms with Crippen LogP contribution in [0.1, 0.15) is 13.8 Å². The Hall–Kier alpha value is -2.28. The fraction of sp³-hybridized carbons (Fsp3) is 0.353. The monoisotopic (exact) mass is 346 g/mol. The van der Waals surface area contributed by atoms with Gasteiger partial charge in [-0.1, -0.05) is 17.8 Å². The fourth-order valence-corrected chi connectivity index (χ4v) is 3.04. The molecule has 1 atom stereocenters. The summed E-state index contributed by atoms with van der Waals surface area (Å²) < 4.78 is 7.14. The summed E-state index contributed by atoms with van der Waals surface area (Å²) in [5.74, 6) is 1.51. The number of allylic oxidation sites excluding steroid dienone is 1. The molecule has 0 saturated heterocycles. The Labute approximate surface area is 146 Å². The molecule has 1 aromatic carbocycles. The average Bonchev–Trinajstić information content (AvgIpc) is 2.98. The Bertz CT molecular complexity index is 697. The third-order valence-electron chi connectivity index (χ3n) is 3.38. The summed E-state index contributed by atoms with van der Waals surface area (Å²) >= 11 is 1.39. The van der Waals surface area contributed by atoms with E-state index in [4.69, 9.17) is 4.74 Å². The second-order valence-corrected chi connectivity index (χ2v) is 6.40. The topological polar surface area (TPSA) is 69.0 Å². The molecule has 1 amide bonds. The molecule has 0 aliphatic rings. The normalized spacial score (nSPS) is 11.8. The fourth-order valence-electron chi connectivity index (χ4n) is 2.15. The molecule has 0 fully saturated rings. The Kier molecular flexibility index (Phi) is 6.43. The number of carbonyl (C=O) groups is 1. The van der Waals surface area contributed by atoms with Gasteiger partial charge in [0.15, 0.2) is 11.0 Å². The van der Waals surface area contributed by atoms with Crippen molar-refractivity contribution < 1.29 is 9.53 Å². The van der Waals surface area contributed by atoms with Crippen LogP contribution in [0.5, 0.6) is 5.75 Å². The molecule has 0 bridgehead atoms. The highest BCUT2D eigenvalue weighted by Crippen LogP contribution is 2.27. The van der Waals surface area contributed by atoms with Gasteiger partial charge in [-0.2, -0.15) is 0 Å². The summed E-state index contributed by atoms with van der Waals surface area (Å²) in [5.41, 5.74) is 0.933. The molecule has 1 aromatic heterocycles. The molecule has 0 unspecified atom stereocenters. The first-order valence-electron chi connectivity index (χ1n) is 7.73. The minimum atomic E-state index is -0.249. The predicted molar refractivity (Wildman–Crippen MR) is 96.2 cm³/mol. The smallest absolute Gasteiger partial charge is 0.233 e.